The maximum Gasteiger partial charge on any atom is 0.343 e. The van der Waals surface area contributed by atoms with E-state index in [9.17, 15) is 18.0 Å². The lowest BCUT2D eigenvalue weighted by Crippen LogP contribution is -2.30. The van der Waals surface area contributed by atoms with Crippen LogP contribution in [0.2, 0.25) is 0 Å². The van der Waals surface area contributed by atoms with Gasteiger partial charge in [0.1, 0.15) is 10.6 Å². The first-order chi connectivity index (χ1) is 13.6. The summed E-state index contributed by atoms with van der Waals surface area (Å²) < 4.78 is 43.2. The summed E-state index contributed by atoms with van der Waals surface area (Å²) in [7, 11) is -1.19. The zero-order chi connectivity index (χ0) is 21.8. The first-order valence-corrected chi connectivity index (χ1v) is 10.2. The van der Waals surface area contributed by atoms with Gasteiger partial charge in [-0.15, -0.1) is 0 Å². The summed E-state index contributed by atoms with van der Waals surface area (Å²) >= 11 is 0. The molecular weight excluding hydrogens is 398 g/mol. The standard InChI is InChI=1S/C20H23NO7S/c1-12(2)21-29(24,25)19-11-15(7-9-17(19)26-4)20(23)28-16-8-6-14(13(3)22)10-18(16)27-5/h6-12,21H,1-5H3. The molecule has 0 bridgehead atoms. The van der Waals surface area contributed by atoms with Crippen LogP contribution in [-0.2, 0) is 10.0 Å². The van der Waals surface area contributed by atoms with E-state index in [0.717, 1.165) is 0 Å². The third kappa shape index (κ3) is 5.33. The van der Waals surface area contributed by atoms with Gasteiger partial charge in [0.05, 0.1) is 19.8 Å². The summed E-state index contributed by atoms with van der Waals surface area (Å²) in [5, 5.41) is 0. The molecule has 0 atom stereocenters. The zero-order valence-corrected chi connectivity index (χ0v) is 17.6. The van der Waals surface area contributed by atoms with Crippen molar-refractivity contribution in [2.75, 3.05) is 14.2 Å². The Morgan fingerprint density at radius 3 is 2.03 bits per heavy atom. The van der Waals surface area contributed by atoms with E-state index >= 15 is 0 Å². The highest BCUT2D eigenvalue weighted by Crippen LogP contribution is 2.30. The molecule has 1 N–H and O–H groups in total. The van der Waals surface area contributed by atoms with Crippen molar-refractivity contribution >= 4 is 21.8 Å². The van der Waals surface area contributed by atoms with Crippen LogP contribution in [0.25, 0.3) is 0 Å². The molecule has 0 aliphatic heterocycles. The fourth-order valence-electron chi connectivity index (χ4n) is 2.52. The molecule has 0 radical (unpaired) electrons. The lowest BCUT2D eigenvalue weighted by atomic mass is 10.1. The van der Waals surface area contributed by atoms with Crippen LogP contribution in [0.1, 0.15) is 41.5 Å². The Hall–Kier alpha value is -2.91. The fourth-order valence-corrected chi connectivity index (χ4v) is 3.96. The average Bonchev–Trinajstić information content (AvgIpc) is 2.66. The molecular formula is C20H23NO7S. The minimum Gasteiger partial charge on any atom is -0.495 e. The fraction of sp³-hybridized carbons (Fsp3) is 0.300. The maximum absolute atomic E-state index is 12.6. The number of methoxy groups -OCH3 is 2. The number of rotatable bonds is 8. The van der Waals surface area contributed by atoms with Crippen molar-refractivity contribution in [3.8, 4) is 17.2 Å². The van der Waals surface area contributed by atoms with Gasteiger partial charge in [0.25, 0.3) is 0 Å². The molecule has 2 aromatic rings. The van der Waals surface area contributed by atoms with E-state index in [4.69, 9.17) is 14.2 Å². The number of nitrogens with one attached hydrogen (secondary N) is 1. The third-order valence-electron chi connectivity index (χ3n) is 3.85. The van der Waals surface area contributed by atoms with Gasteiger partial charge >= 0.3 is 5.97 Å². The van der Waals surface area contributed by atoms with E-state index in [1.54, 1.807) is 13.8 Å². The number of Topliss-reactive ketones (excluding diaryl/α,β-unsaturated/α-hetero) is 1. The van der Waals surface area contributed by atoms with Crippen LogP contribution in [0.4, 0.5) is 0 Å². The number of hydrogen-bond donors (Lipinski definition) is 1. The van der Waals surface area contributed by atoms with E-state index in [1.807, 2.05) is 0 Å². The van der Waals surface area contributed by atoms with Gasteiger partial charge < -0.3 is 14.2 Å². The molecule has 0 amide bonds. The predicted octanol–water partition coefficient (Wildman–Crippen LogP) is 2.81. The summed E-state index contributed by atoms with van der Waals surface area (Å²) in [4.78, 5) is 23.9. The Bertz CT molecular complexity index is 1030. The second kappa shape index (κ2) is 9.06. The van der Waals surface area contributed by atoms with Crippen molar-refractivity contribution in [2.24, 2.45) is 0 Å². The van der Waals surface area contributed by atoms with Crippen LogP contribution in [0.5, 0.6) is 17.2 Å². The molecule has 0 aliphatic rings. The Morgan fingerprint density at radius 1 is 0.897 bits per heavy atom. The van der Waals surface area contributed by atoms with Crippen molar-refractivity contribution < 1.29 is 32.2 Å². The molecule has 8 nitrogen and oxygen atoms in total. The quantitative estimate of drug-likeness (QED) is 0.397. The van der Waals surface area contributed by atoms with Gasteiger partial charge in [-0.05, 0) is 57.2 Å². The minimum atomic E-state index is -3.90. The Kier molecular flexibility index (Phi) is 6.99. The molecule has 0 fully saturated rings. The molecule has 156 valence electrons. The minimum absolute atomic E-state index is 0.00706. The van der Waals surface area contributed by atoms with Crippen LogP contribution < -0.4 is 18.9 Å². The molecule has 0 heterocycles. The first kappa shape index (κ1) is 22.4. The number of hydrogen-bond acceptors (Lipinski definition) is 7. The van der Waals surface area contributed by atoms with Gasteiger partial charge in [-0.3, -0.25) is 4.79 Å². The molecule has 0 aliphatic carbocycles. The number of sulfonamides is 1. The maximum atomic E-state index is 12.6. The van der Waals surface area contributed by atoms with Gasteiger partial charge in [0, 0.05) is 11.6 Å². The number of carbonyl (C=O) groups excluding carboxylic acids is 2. The summed E-state index contributed by atoms with van der Waals surface area (Å²) in [5.41, 5.74) is 0.409. The van der Waals surface area contributed by atoms with Gasteiger partial charge in [-0.2, -0.15) is 0 Å². The largest absolute Gasteiger partial charge is 0.495 e. The summed E-state index contributed by atoms with van der Waals surface area (Å²) in [6.07, 6.45) is 0. The number of ketones is 1. The number of ether oxygens (including phenoxy) is 3. The smallest absolute Gasteiger partial charge is 0.343 e. The Morgan fingerprint density at radius 2 is 1.48 bits per heavy atom. The van der Waals surface area contributed by atoms with Gasteiger partial charge in [-0.25, -0.2) is 17.9 Å². The van der Waals surface area contributed by atoms with Crippen molar-refractivity contribution in [1.82, 2.24) is 4.72 Å². The van der Waals surface area contributed by atoms with E-state index in [0.29, 0.717) is 5.56 Å². The van der Waals surface area contributed by atoms with Crippen LogP contribution in [0.3, 0.4) is 0 Å². The molecule has 0 spiro atoms. The van der Waals surface area contributed by atoms with E-state index in [2.05, 4.69) is 4.72 Å². The normalized spacial score (nSPS) is 11.2. The SMILES string of the molecule is COc1cc(C(C)=O)ccc1OC(=O)c1ccc(OC)c(S(=O)(=O)NC(C)C)c1. The summed E-state index contributed by atoms with van der Waals surface area (Å²) in [6.45, 7) is 4.77. The lowest BCUT2D eigenvalue weighted by Gasteiger charge is -2.14. The van der Waals surface area contributed by atoms with Crippen LogP contribution in [0, 0.1) is 0 Å². The second-order valence-electron chi connectivity index (χ2n) is 6.45. The topological polar surface area (TPSA) is 108 Å². The Labute approximate surface area is 169 Å². The highest BCUT2D eigenvalue weighted by molar-refractivity contribution is 7.89. The Balaban J connectivity index is 2.39. The average molecular weight is 421 g/mol. The van der Waals surface area contributed by atoms with Crippen molar-refractivity contribution in [2.45, 2.75) is 31.7 Å². The molecule has 2 aromatic carbocycles. The van der Waals surface area contributed by atoms with Crippen LogP contribution in [0.15, 0.2) is 41.3 Å². The van der Waals surface area contributed by atoms with Crippen molar-refractivity contribution in [1.29, 1.82) is 0 Å². The molecule has 9 heteroatoms. The molecule has 0 saturated heterocycles. The second-order valence-corrected chi connectivity index (χ2v) is 8.14. The molecule has 2 rings (SSSR count). The highest BCUT2D eigenvalue weighted by Gasteiger charge is 2.23. The monoisotopic (exact) mass is 421 g/mol. The number of carbonyl (C=O) groups is 2. The lowest BCUT2D eigenvalue weighted by molar-refractivity contribution is 0.0729. The molecule has 0 unspecified atom stereocenters. The van der Waals surface area contributed by atoms with Crippen LogP contribution >= 0.6 is 0 Å². The summed E-state index contributed by atoms with van der Waals surface area (Å²) in [5.74, 6) is -0.554. The first-order valence-electron chi connectivity index (χ1n) is 8.70. The third-order valence-corrected chi connectivity index (χ3v) is 5.53. The van der Waals surface area contributed by atoms with E-state index in [-0.39, 0.29) is 39.5 Å². The van der Waals surface area contributed by atoms with Gasteiger partial charge in [-0.1, -0.05) is 0 Å². The van der Waals surface area contributed by atoms with Crippen molar-refractivity contribution in [3.05, 3.63) is 47.5 Å². The molecule has 0 saturated carbocycles. The van der Waals surface area contributed by atoms with Gasteiger partial charge in [0.15, 0.2) is 17.3 Å². The predicted molar refractivity (Wildman–Crippen MR) is 106 cm³/mol. The van der Waals surface area contributed by atoms with E-state index in [1.165, 1.54) is 57.5 Å². The number of esters is 1. The highest BCUT2D eigenvalue weighted by atomic mass is 32.2. The number of benzene rings is 2. The zero-order valence-electron chi connectivity index (χ0n) is 16.8. The van der Waals surface area contributed by atoms with E-state index < -0.39 is 16.0 Å². The summed E-state index contributed by atoms with van der Waals surface area (Å²) in [6, 6.07) is 8.01. The molecule has 0 aromatic heterocycles. The van der Waals surface area contributed by atoms with Crippen molar-refractivity contribution in [3.63, 3.8) is 0 Å². The van der Waals surface area contributed by atoms with Gasteiger partial charge in [0.2, 0.25) is 10.0 Å². The molecule has 29 heavy (non-hydrogen) atoms. The van der Waals surface area contributed by atoms with Crippen LogP contribution in [-0.4, -0.2) is 40.4 Å².